The van der Waals surface area contributed by atoms with Crippen LogP contribution in [-0.4, -0.2) is 31.5 Å². The number of hydrogen-bond donors (Lipinski definition) is 2. The van der Waals surface area contributed by atoms with Gasteiger partial charge in [0, 0.05) is 24.5 Å². The predicted molar refractivity (Wildman–Crippen MR) is 95.1 cm³/mol. The summed E-state index contributed by atoms with van der Waals surface area (Å²) in [4.78, 5) is 8.94. The molecule has 2 aliphatic heterocycles. The molecule has 0 bridgehead atoms. The van der Waals surface area contributed by atoms with Crippen LogP contribution in [0.1, 0.15) is 12.0 Å². The number of aliphatic imine (C=N–C) groups is 1. The monoisotopic (exact) mass is 321 g/mol. The van der Waals surface area contributed by atoms with Gasteiger partial charge in [0.15, 0.2) is 5.75 Å². The van der Waals surface area contributed by atoms with E-state index in [9.17, 15) is 5.11 Å². The highest BCUT2D eigenvalue weighted by Gasteiger charge is 2.18. The molecule has 2 aromatic carbocycles. The van der Waals surface area contributed by atoms with E-state index >= 15 is 0 Å². The van der Waals surface area contributed by atoms with Gasteiger partial charge in [-0.05, 0) is 42.2 Å². The van der Waals surface area contributed by atoms with Crippen molar-refractivity contribution in [2.75, 3.05) is 25.5 Å². The van der Waals surface area contributed by atoms with Crippen LogP contribution in [-0.2, 0) is 6.42 Å². The van der Waals surface area contributed by atoms with Crippen LogP contribution in [0.2, 0.25) is 0 Å². The third-order valence-corrected chi connectivity index (χ3v) is 4.48. The zero-order valence-electron chi connectivity index (χ0n) is 13.5. The minimum Gasteiger partial charge on any atom is -0.504 e. The van der Waals surface area contributed by atoms with Gasteiger partial charge in [0.05, 0.1) is 18.2 Å². The van der Waals surface area contributed by atoms with E-state index in [1.165, 1.54) is 11.1 Å². The van der Waals surface area contributed by atoms with Gasteiger partial charge in [0.25, 0.3) is 0 Å². The average Bonchev–Trinajstić information content (AvgIpc) is 3.05. The zero-order valence-corrected chi connectivity index (χ0v) is 13.5. The quantitative estimate of drug-likeness (QED) is 0.827. The molecule has 5 heteroatoms. The maximum absolute atomic E-state index is 10.5. The van der Waals surface area contributed by atoms with Crippen molar-refractivity contribution < 1.29 is 9.84 Å². The minimum atomic E-state index is 0.215. The van der Waals surface area contributed by atoms with E-state index in [0.29, 0.717) is 11.4 Å². The highest BCUT2D eigenvalue weighted by molar-refractivity contribution is 6.08. The number of benzene rings is 2. The molecule has 24 heavy (non-hydrogen) atoms. The Morgan fingerprint density at radius 1 is 1.25 bits per heavy atom. The molecule has 0 saturated heterocycles. The Kier molecular flexibility index (Phi) is 3.69. The molecule has 0 spiro atoms. The van der Waals surface area contributed by atoms with Crippen molar-refractivity contribution in [2.45, 2.75) is 12.8 Å². The first-order valence-electron chi connectivity index (χ1n) is 8.11. The summed E-state index contributed by atoms with van der Waals surface area (Å²) >= 11 is 0. The van der Waals surface area contributed by atoms with Gasteiger partial charge in [-0.1, -0.05) is 12.1 Å². The molecule has 0 amide bonds. The largest absolute Gasteiger partial charge is 0.504 e. The summed E-state index contributed by atoms with van der Waals surface area (Å²) in [7, 11) is 1.66. The maximum atomic E-state index is 10.5. The van der Waals surface area contributed by atoms with Crippen LogP contribution in [0.3, 0.4) is 0 Å². The lowest BCUT2D eigenvalue weighted by atomic mass is 10.1. The number of rotatable bonds is 5. The maximum Gasteiger partial charge on any atom is 0.165 e. The van der Waals surface area contributed by atoms with Gasteiger partial charge in [0.2, 0.25) is 0 Å². The molecule has 2 N–H and O–H groups in total. The summed E-state index contributed by atoms with van der Waals surface area (Å²) in [5.74, 6) is 1.07. The topological polar surface area (TPSA) is 66.2 Å². The van der Waals surface area contributed by atoms with Crippen molar-refractivity contribution in [1.82, 2.24) is 0 Å². The van der Waals surface area contributed by atoms with E-state index in [1.54, 1.807) is 7.11 Å². The van der Waals surface area contributed by atoms with Gasteiger partial charge in [-0.15, -0.1) is 0 Å². The Labute approximate surface area is 140 Å². The van der Waals surface area contributed by atoms with Gasteiger partial charge in [-0.2, -0.15) is 0 Å². The highest BCUT2D eigenvalue weighted by Crippen LogP contribution is 2.32. The fourth-order valence-electron chi connectivity index (χ4n) is 3.17. The molecule has 0 aliphatic carbocycles. The molecule has 2 heterocycles. The fourth-order valence-corrected chi connectivity index (χ4v) is 3.17. The lowest BCUT2D eigenvalue weighted by molar-refractivity contribution is 0.414. The summed E-state index contributed by atoms with van der Waals surface area (Å²) in [6.45, 7) is 1.50. The second-order valence-electron chi connectivity index (χ2n) is 5.96. The predicted octanol–water partition coefficient (Wildman–Crippen LogP) is 1.95. The summed E-state index contributed by atoms with van der Waals surface area (Å²) in [6, 6.07) is 9.94. The van der Waals surface area contributed by atoms with Crippen molar-refractivity contribution >= 4 is 23.2 Å². The molecule has 0 atom stereocenters. The van der Waals surface area contributed by atoms with E-state index < -0.39 is 0 Å². The molecular weight excluding hydrogens is 302 g/mol. The van der Waals surface area contributed by atoms with Crippen molar-refractivity contribution in [3.05, 3.63) is 46.5 Å². The average molecular weight is 321 g/mol. The van der Waals surface area contributed by atoms with Crippen LogP contribution in [0.4, 0.5) is 11.4 Å². The molecule has 5 nitrogen and oxygen atoms in total. The first kappa shape index (κ1) is 14.8. The first-order chi connectivity index (χ1) is 11.8. The number of phenolic OH excluding ortho intramolecular Hbond substituents is 1. The smallest absolute Gasteiger partial charge is 0.165 e. The molecular formula is C19H19N3O2. The van der Waals surface area contributed by atoms with Crippen LogP contribution in [0, 0.1) is 0 Å². The van der Waals surface area contributed by atoms with Gasteiger partial charge in [0.1, 0.15) is 11.4 Å². The highest BCUT2D eigenvalue weighted by atomic mass is 16.5. The number of phenols is 1. The first-order valence-corrected chi connectivity index (χ1v) is 8.11. The van der Waals surface area contributed by atoms with Crippen molar-refractivity contribution in [3.8, 4) is 11.5 Å². The second-order valence-corrected chi connectivity index (χ2v) is 5.96. The van der Waals surface area contributed by atoms with Crippen molar-refractivity contribution in [1.29, 1.82) is 0 Å². The van der Waals surface area contributed by atoms with Crippen LogP contribution >= 0.6 is 0 Å². The van der Waals surface area contributed by atoms with Crippen molar-refractivity contribution in [3.63, 3.8) is 0 Å². The molecule has 0 saturated carbocycles. The minimum absolute atomic E-state index is 0.215. The lowest BCUT2D eigenvalue weighted by Crippen LogP contribution is -2.30. The molecule has 2 aliphatic rings. The summed E-state index contributed by atoms with van der Waals surface area (Å²) in [6.07, 6.45) is 3.60. The Bertz CT molecular complexity index is 931. The van der Waals surface area contributed by atoms with Crippen LogP contribution in [0.15, 0.2) is 40.3 Å². The molecule has 122 valence electrons. The molecule has 0 aromatic heterocycles. The van der Waals surface area contributed by atoms with Gasteiger partial charge >= 0.3 is 0 Å². The van der Waals surface area contributed by atoms with E-state index in [4.69, 9.17) is 4.74 Å². The van der Waals surface area contributed by atoms with E-state index in [-0.39, 0.29) is 5.75 Å². The van der Waals surface area contributed by atoms with Crippen LogP contribution in [0.5, 0.6) is 11.5 Å². The molecule has 0 radical (unpaired) electrons. The molecule has 4 rings (SSSR count). The number of methoxy groups -OCH3 is 1. The summed E-state index contributed by atoms with van der Waals surface area (Å²) in [5, 5.41) is 15.7. The normalized spacial score (nSPS) is 14.3. The fraction of sp³-hybridized carbons (Fsp3) is 0.263. The number of aromatic hydroxyl groups is 1. The standard InChI is InChI=1S/C19H19N3O2/c1-24-14-4-2-12(3-5-14)6-8-21-16-10-15-17-13(7-9-20-15)11-22-18(17)19(16)23/h2-5,10-11,21,23H,6-9H2,1H3. The Hall–Kier alpha value is -2.82. The summed E-state index contributed by atoms with van der Waals surface area (Å²) < 4.78 is 5.17. The van der Waals surface area contributed by atoms with E-state index in [2.05, 4.69) is 15.3 Å². The second kappa shape index (κ2) is 6.00. The van der Waals surface area contributed by atoms with Crippen LogP contribution < -0.4 is 20.6 Å². The van der Waals surface area contributed by atoms with Gasteiger partial charge in [-0.25, -0.2) is 0 Å². The van der Waals surface area contributed by atoms with Gasteiger partial charge < -0.3 is 15.2 Å². The Morgan fingerprint density at radius 3 is 2.88 bits per heavy atom. The van der Waals surface area contributed by atoms with Crippen molar-refractivity contribution in [2.24, 2.45) is 9.98 Å². The third-order valence-electron chi connectivity index (χ3n) is 4.48. The molecule has 0 fully saturated rings. The number of hydrogen-bond acceptors (Lipinski definition) is 5. The Morgan fingerprint density at radius 2 is 2.08 bits per heavy atom. The SMILES string of the molecule is COc1ccc(CCNc2cc3c4c(c2O)N=CC=4CCN=3)cc1. The summed E-state index contributed by atoms with van der Waals surface area (Å²) in [5.41, 5.74) is 3.73. The third kappa shape index (κ3) is 2.52. The van der Waals surface area contributed by atoms with Gasteiger partial charge in [-0.3, -0.25) is 9.98 Å². The Balaban J connectivity index is 1.53. The van der Waals surface area contributed by atoms with Crippen LogP contribution in [0.25, 0.3) is 5.57 Å². The van der Waals surface area contributed by atoms with E-state index in [0.717, 1.165) is 42.3 Å². The van der Waals surface area contributed by atoms with E-state index in [1.807, 2.05) is 36.5 Å². The number of nitrogens with one attached hydrogen (secondary N) is 1. The number of anilines is 1. The zero-order chi connectivity index (χ0) is 16.5. The molecule has 2 aromatic rings. The lowest BCUT2D eigenvalue weighted by Gasteiger charge is -2.12. The number of nitrogens with zero attached hydrogens (tertiary/aromatic N) is 2. The number of ether oxygens (including phenoxy) is 1. The molecule has 0 unspecified atom stereocenters.